The quantitative estimate of drug-likeness (QED) is 0.129. The summed E-state index contributed by atoms with van der Waals surface area (Å²) in [6.45, 7) is 13.9. The fraction of sp³-hybridized carbons (Fsp3) is 0.886. The maximum Gasteiger partial charge on any atom is 0.407 e. The van der Waals surface area contributed by atoms with E-state index in [-0.39, 0.29) is 17.6 Å². The summed E-state index contributed by atoms with van der Waals surface area (Å²) in [6.07, 6.45) is 22.2. The van der Waals surface area contributed by atoms with Crippen LogP contribution in [0.2, 0.25) is 0 Å². The van der Waals surface area contributed by atoms with Crippen LogP contribution in [0.3, 0.4) is 0 Å². The molecule has 4 aliphatic rings. The molecular formula is C35H59N2O3. The molecule has 8 atom stereocenters. The van der Waals surface area contributed by atoms with Gasteiger partial charge >= 0.3 is 12.5 Å². The van der Waals surface area contributed by atoms with E-state index >= 15 is 0 Å². The van der Waals surface area contributed by atoms with E-state index in [0.29, 0.717) is 18.5 Å². The van der Waals surface area contributed by atoms with Gasteiger partial charge in [-0.05, 0) is 104 Å². The number of unbranched alkanes of at least 4 members (excludes halogenated alkanes) is 3. The number of allylic oxidation sites excluding steroid dienone is 1. The molecule has 1 radical (unpaired) electrons. The molecule has 3 fully saturated rings. The first-order valence-corrected chi connectivity index (χ1v) is 16.9. The standard InChI is InChI=1S/C35H59N2O3/c1-25(2)11-10-12-26(3)30-15-16-31-29-14-13-27-23-28(17-19-34(27,4)32(29)18-20-35(30,31)5)40-33(39)37-22-9-7-6-8-21-36-24-38/h13,25-26,28-32H,6-12,14-23H2,1-5H3,(H,36,38)(H,37,39)/t26-,28?,29?,30-,31?,32?,34+,35-/m1/s1. The SMILES string of the molecule is CC(C)CCC[C@@H](C)[C@H]1CCC2C3CC=C4CC(OC(=O)NCCCCCCN[C]=O)CC[C@]4(C)C3CC[C@@]21C. The summed E-state index contributed by atoms with van der Waals surface area (Å²) in [5, 5.41) is 5.53. The minimum Gasteiger partial charge on any atom is -0.446 e. The molecule has 4 aliphatic carbocycles. The maximum atomic E-state index is 12.5. The second-order valence-corrected chi connectivity index (χ2v) is 14.9. The highest BCUT2D eigenvalue weighted by Gasteiger charge is 2.59. The lowest BCUT2D eigenvalue weighted by atomic mass is 9.47. The number of hydrogen-bond donors (Lipinski definition) is 2. The van der Waals surface area contributed by atoms with Crippen LogP contribution in [0, 0.1) is 46.3 Å². The molecule has 227 valence electrons. The monoisotopic (exact) mass is 555 g/mol. The van der Waals surface area contributed by atoms with E-state index in [9.17, 15) is 9.59 Å². The van der Waals surface area contributed by atoms with E-state index in [1.807, 2.05) is 0 Å². The lowest BCUT2D eigenvalue weighted by Crippen LogP contribution is -2.51. The van der Waals surface area contributed by atoms with Crippen molar-refractivity contribution in [3.05, 3.63) is 11.6 Å². The summed E-state index contributed by atoms with van der Waals surface area (Å²) in [5.74, 6) is 5.12. The van der Waals surface area contributed by atoms with Crippen LogP contribution < -0.4 is 10.6 Å². The second-order valence-electron chi connectivity index (χ2n) is 14.9. The third-order valence-electron chi connectivity index (χ3n) is 12.1. The number of nitrogens with one attached hydrogen (secondary N) is 2. The molecule has 5 heteroatoms. The average molecular weight is 556 g/mol. The highest BCUT2D eigenvalue weighted by molar-refractivity contribution is 5.67. The summed E-state index contributed by atoms with van der Waals surface area (Å²) >= 11 is 0. The van der Waals surface area contributed by atoms with Crippen molar-refractivity contribution in [1.82, 2.24) is 10.6 Å². The third kappa shape index (κ3) is 7.09. The molecule has 0 aromatic heterocycles. The highest BCUT2D eigenvalue weighted by atomic mass is 16.6. The zero-order chi connectivity index (χ0) is 28.8. The summed E-state index contributed by atoms with van der Waals surface area (Å²) in [7, 11) is 0. The Balaban J connectivity index is 1.26. The van der Waals surface area contributed by atoms with E-state index in [4.69, 9.17) is 4.74 Å². The maximum absolute atomic E-state index is 12.5. The molecule has 5 nitrogen and oxygen atoms in total. The molecule has 40 heavy (non-hydrogen) atoms. The highest BCUT2D eigenvalue weighted by Crippen LogP contribution is 2.67. The van der Waals surface area contributed by atoms with Crippen LogP contribution in [0.5, 0.6) is 0 Å². The first kappa shape index (κ1) is 31.4. The van der Waals surface area contributed by atoms with Gasteiger partial charge < -0.3 is 15.4 Å². The Morgan fingerprint density at radius 2 is 1.75 bits per heavy atom. The molecule has 0 saturated heterocycles. The molecule has 2 amide bonds. The Kier molecular flexibility index (Phi) is 11.1. The zero-order valence-electron chi connectivity index (χ0n) is 26.4. The minimum atomic E-state index is -0.256. The van der Waals surface area contributed by atoms with Gasteiger partial charge in [-0.1, -0.05) is 78.4 Å². The topological polar surface area (TPSA) is 67.4 Å². The number of amides is 2. The number of hydrogen-bond acceptors (Lipinski definition) is 3. The summed E-state index contributed by atoms with van der Waals surface area (Å²) < 4.78 is 5.91. The summed E-state index contributed by atoms with van der Waals surface area (Å²) in [6, 6.07) is 0. The number of carbonyl (C=O) groups is 1. The molecule has 0 aromatic rings. The van der Waals surface area contributed by atoms with Gasteiger partial charge in [-0.15, -0.1) is 0 Å². The summed E-state index contributed by atoms with van der Waals surface area (Å²) in [5.41, 5.74) is 2.40. The van der Waals surface area contributed by atoms with E-state index in [1.165, 1.54) is 51.4 Å². The molecule has 0 aromatic carbocycles. The average Bonchev–Trinajstić information content (AvgIpc) is 3.27. The van der Waals surface area contributed by atoms with Crippen molar-refractivity contribution in [1.29, 1.82) is 0 Å². The predicted octanol–water partition coefficient (Wildman–Crippen LogP) is 8.34. The van der Waals surface area contributed by atoms with E-state index in [0.717, 1.165) is 80.5 Å². The van der Waals surface area contributed by atoms with Gasteiger partial charge in [-0.2, -0.15) is 0 Å². The predicted molar refractivity (Wildman–Crippen MR) is 163 cm³/mol. The molecule has 0 bridgehead atoms. The van der Waals surface area contributed by atoms with E-state index < -0.39 is 0 Å². The van der Waals surface area contributed by atoms with E-state index in [2.05, 4.69) is 51.3 Å². The van der Waals surface area contributed by atoms with E-state index in [1.54, 1.807) is 12.0 Å². The van der Waals surface area contributed by atoms with Crippen LogP contribution in [0.4, 0.5) is 4.79 Å². The fourth-order valence-corrected chi connectivity index (χ4v) is 9.88. The normalized spacial score (nSPS) is 35.6. The van der Waals surface area contributed by atoms with Crippen LogP contribution in [-0.4, -0.2) is 31.7 Å². The van der Waals surface area contributed by atoms with Crippen LogP contribution in [-0.2, 0) is 9.53 Å². The number of fused-ring (bicyclic) bond motifs is 5. The molecular weight excluding hydrogens is 496 g/mol. The van der Waals surface area contributed by atoms with Gasteiger partial charge in [0.15, 0.2) is 0 Å². The van der Waals surface area contributed by atoms with Crippen molar-refractivity contribution in [3.63, 3.8) is 0 Å². The van der Waals surface area contributed by atoms with Gasteiger partial charge in [0.25, 0.3) is 0 Å². The number of rotatable bonds is 14. The number of carbonyl (C=O) groups excluding carboxylic acids is 2. The first-order chi connectivity index (χ1) is 19.2. The lowest BCUT2D eigenvalue weighted by molar-refractivity contribution is -0.0581. The van der Waals surface area contributed by atoms with Crippen LogP contribution in [0.25, 0.3) is 0 Å². The largest absolute Gasteiger partial charge is 0.446 e. The Morgan fingerprint density at radius 3 is 2.50 bits per heavy atom. The molecule has 3 saturated carbocycles. The zero-order valence-corrected chi connectivity index (χ0v) is 26.4. The Hall–Kier alpha value is -1.52. The van der Waals surface area contributed by atoms with Crippen molar-refractivity contribution in [2.24, 2.45) is 46.3 Å². The number of alkyl carbamates (subject to hydrolysis) is 1. The minimum absolute atomic E-state index is 0.0120. The van der Waals surface area contributed by atoms with Gasteiger partial charge in [-0.3, -0.25) is 4.79 Å². The van der Waals surface area contributed by atoms with Gasteiger partial charge in [0, 0.05) is 19.5 Å². The van der Waals surface area contributed by atoms with Gasteiger partial charge in [0.2, 0.25) is 0 Å². The van der Waals surface area contributed by atoms with Gasteiger partial charge in [-0.25, -0.2) is 4.79 Å². The molecule has 2 N–H and O–H groups in total. The Bertz CT molecular complexity index is 871. The molecule has 0 heterocycles. The Labute approximate surface area is 245 Å². The van der Waals surface area contributed by atoms with Gasteiger partial charge in [0.1, 0.15) is 6.10 Å². The second kappa shape index (κ2) is 14.1. The first-order valence-electron chi connectivity index (χ1n) is 16.9. The molecule has 0 spiro atoms. The van der Waals surface area contributed by atoms with Crippen LogP contribution >= 0.6 is 0 Å². The van der Waals surface area contributed by atoms with Crippen molar-refractivity contribution in [3.8, 4) is 0 Å². The lowest BCUT2D eigenvalue weighted by Gasteiger charge is -2.58. The molecule has 4 unspecified atom stereocenters. The van der Waals surface area contributed by atoms with Crippen molar-refractivity contribution in [2.75, 3.05) is 13.1 Å². The Morgan fingerprint density at radius 1 is 0.975 bits per heavy atom. The van der Waals surface area contributed by atoms with Crippen LogP contribution in [0.1, 0.15) is 131 Å². The van der Waals surface area contributed by atoms with Crippen molar-refractivity contribution < 1.29 is 14.3 Å². The van der Waals surface area contributed by atoms with Gasteiger partial charge in [0.05, 0.1) is 0 Å². The third-order valence-corrected chi connectivity index (χ3v) is 12.1. The fourth-order valence-electron chi connectivity index (χ4n) is 9.88. The molecule has 4 rings (SSSR count). The number of ether oxygens (including phenoxy) is 1. The summed E-state index contributed by atoms with van der Waals surface area (Å²) in [4.78, 5) is 22.7. The smallest absolute Gasteiger partial charge is 0.407 e. The molecule has 0 aliphatic heterocycles. The van der Waals surface area contributed by atoms with Crippen LogP contribution in [0.15, 0.2) is 11.6 Å². The van der Waals surface area contributed by atoms with Crippen molar-refractivity contribution in [2.45, 2.75) is 137 Å². The van der Waals surface area contributed by atoms with Crippen molar-refractivity contribution >= 4 is 12.5 Å².